The fourth-order valence-corrected chi connectivity index (χ4v) is 3.38. The lowest BCUT2D eigenvalue weighted by Gasteiger charge is -2.24. The Morgan fingerprint density at radius 2 is 2.21 bits per heavy atom. The molecule has 4 heterocycles. The molecule has 1 atom stereocenters. The Bertz CT molecular complexity index is 997. The molecule has 0 bridgehead atoms. The number of anilines is 1. The second-order valence-corrected chi connectivity index (χ2v) is 7.43. The predicted molar refractivity (Wildman–Crippen MR) is 100 cm³/mol. The van der Waals surface area contributed by atoms with E-state index in [1.165, 1.54) is 6.33 Å². The predicted octanol–water partition coefficient (Wildman–Crippen LogP) is 0.0816. The molecule has 0 radical (unpaired) electrons. The monoisotopic (exact) mass is 385 g/mol. The van der Waals surface area contributed by atoms with Crippen molar-refractivity contribution in [2.45, 2.75) is 31.9 Å². The number of likely N-dealkylation sites (tertiary alicyclic amines) is 1. The number of likely N-dealkylation sites (N-methyl/N-ethyl adjacent to an activating group) is 1. The van der Waals surface area contributed by atoms with Crippen LogP contribution in [0.4, 0.5) is 5.82 Å². The molecule has 3 aromatic heterocycles. The molecular weight excluding hydrogens is 362 g/mol. The Kier molecular flexibility index (Phi) is 4.46. The van der Waals surface area contributed by atoms with E-state index in [0.717, 1.165) is 0 Å². The number of fused-ring (bicyclic) bond motifs is 1. The summed E-state index contributed by atoms with van der Waals surface area (Å²) in [7, 11) is 1.79. The molecule has 1 saturated heterocycles. The van der Waals surface area contributed by atoms with Gasteiger partial charge in [-0.05, 0) is 13.8 Å². The van der Waals surface area contributed by atoms with Crippen LogP contribution >= 0.6 is 0 Å². The number of carbonyl (C=O) groups excluding carboxylic acids is 1. The number of aromatic nitrogens is 7. The first-order chi connectivity index (χ1) is 13.4. The molecule has 11 heteroatoms. The second-order valence-electron chi connectivity index (χ2n) is 7.43. The number of aromatic amines is 1. The van der Waals surface area contributed by atoms with Gasteiger partial charge in [0, 0.05) is 26.1 Å². The smallest absolute Gasteiger partial charge is 0.242 e. The lowest BCUT2D eigenvalue weighted by molar-refractivity contribution is -0.129. The van der Waals surface area contributed by atoms with E-state index < -0.39 is 5.60 Å². The Morgan fingerprint density at radius 3 is 2.96 bits per heavy atom. The molecule has 1 amide bonds. The first-order valence-corrected chi connectivity index (χ1v) is 9.15. The average Bonchev–Trinajstić information content (AvgIpc) is 3.40. The molecule has 1 aliphatic heterocycles. The highest BCUT2D eigenvalue weighted by Gasteiger charge is 2.42. The Hall–Kier alpha value is -3.08. The highest BCUT2D eigenvalue weighted by Crippen LogP contribution is 2.31. The minimum absolute atomic E-state index is 0.0963. The molecule has 0 spiro atoms. The Balaban J connectivity index is 1.45. The minimum Gasteiger partial charge on any atom is -0.381 e. The molecule has 1 unspecified atom stereocenters. The van der Waals surface area contributed by atoms with Crippen molar-refractivity contribution in [3.05, 3.63) is 24.5 Å². The van der Waals surface area contributed by atoms with Crippen molar-refractivity contribution >= 4 is 22.9 Å². The van der Waals surface area contributed by atoms with Crippen molar-refractivity contribution in [1.29, 1.82) is 0 Å². The van der Waals surface area contributed by atoms with Gasteiger partial charge in [-0.25, -0.2) is 19.6 Å². The first-order valence-electron chi connectivity index (χ1n) is 9.15. The standard InChI is InChI=1S/C17H23N9O2/c1-11(2)26-6-12(22-23-26)17(28)4-5-25(8-17)13(27)7-24(3)16-14-15(19-9-18-14)20-10-21-16/h6,9-11,28H,4-5,7-8H2,1-3H3,(H,18,19,20,21). The maximum atomic E-state index is 12.8. The molecule has 0 saturated carbocycles. The molecule has 1 fully saturated rings. The molecule has 0 aliphatic carbocycles. The van der Waals surface area contributed by atoms with Gasteiger partial charge < -0.3 is 19.9 Å². The van der Waals surface area contributed by atoms with Gasteiger partial charge in [-0.2, -0.15) is 0 Å². The van der Waals surface area contributed by atoms with Gasteiger partial charge >= 0.3 is 0 Å². The summed E-state index contributed by atoms with van der Waals surface area (Å²) in [5.41, 5.74) is 0.557. The van der Waals surface area contributed by atoms with E-state index in [0.29, 0.717) is 35.6 Å². The van der Waals surface area contributed by atoms with Gasteiger partial charge in [-0.3, -0.25) is 4.79 Å². The number of hydrogen-bond acceptors (Lipinski definition) is 8. The summed E-state index contributed by atoms with van der Waals surface area (Å²) in [4.78, 5) is 31.6. The van der Waals surface area contributed by atoms with Gasteiger partial charge in [0.25, 0.3) is 0 Å². The van der Waals surface area contributed by atoms with Crippen LogP contribution < -0.4 is 4.90 Å². The lowest BCUT2D eigenvalue weighted by atomic mass is 10.00. The molecule has 1 aliphatic rings. The summed E-state index contributed by atoms with van der Waals surface area (Å²) in [6.45, 7) is 4.76. The topological polar surface area (TPSA) is 129 Å². The fourth-order valence-electron chi connectivity index (χ4n) is 3.38. The number of rotatable bonds is 5. The van der Waals surface area contributed by atoms with Gasteiger partial charge in [-0.1, -0.05) is 5.21 Å². The first kappa shape index (κ1) is 18.3. The minimum atomic E-state index is -1.17. The van der Waals surface area contributed by atoms with E-state index in [2.05, 4.69) is 30.2 Å². The average molecular weight is 385 g/mol. The van der Waals surface area contributed by atoms with Gasteiger partial charge in [-0.15, -0.1) is 5.10 Å². The number of imidazole rings is 1. The summed E-state index contributed by atoms with van der Waals surface area (Å²) in [6, 6.07) is 0.157. The maximum absolute atomic E-state index is 12.8. The molecular formula is C17H23N9O2. The van der Waals surface area contributed by atoms with Crippen molar-refractivity contribution in [1.82, 2.24) is 39.8 Å². The number of nitrogens with one attached hydrogen (secondary N) is 1. The van der Waals surface area contributed by atoms with E-state index in [1.54, 1.807) is 34.1 Å². The van der Waals surface area contributed by atoms with E-state index in [4.69, 9.17) is 0 Å². The van der Waals surface area contributed by atoms with E-state index in [9.17, 15) is 9.90 Å². The van der Waals surface area contributed by atoms with Gasteiger partial charge in [0.1, 0.15) is 23.1 Å². The molecule has 4 rings (SSSR count). The second kappa shape index (κ2) is 6.82. The number of carbonyl (C=O) groups is 1. The third kappa shape index (κ3) is 3.17. The van der Waals surface area contributed by atoms with Gasteiger partial charge in [0.15, 0.2) is 11.5 Å². The van der Waals surface area contributed by atoms with Gasteiger partial charge in [0.2, 0.25) is 5.91 Å². The number of nitrogens with zero attached hydrogens (tertiary/aromatic N) is 8. The van der Waals surface area contributed by atoms with Crippen molar-refractivity contribution in [3.63, 3.8) is 0 Å². The summed E-state index contributed by atoms with van der Waals surface area (Å²) in [6.07, 6.45) is 5.15. The summed E-state index contributed by atoms with van der Waals surface area (Å²) >= 11 is 0. The van der Waals surface area contributed by atoms with Crippen LogP contribution in [0.15, 0.2) is 18.9 Å². The van der Waals surface area contributed by atoms with Crippen LogP contribution in [0.2, 0.25) is 0 Å². The van der Waals surface area contributed by atoms with Crippen LogP contribution in [-0.2, 0) is 10.4 Å². The van der Waals surface area contributed by atoms with Crippen molar-refractivity contribution in [3.8, 4) is 0 Å². The van der Waals surface area contributed by atoms with Crippen LogP contribution in [0.1, 0.15) is 32.0 Å². The third-order valence-electron chi connectivity index (χ3n) is 5.05. The maximum Gasteiger partial charge on any atom is 0.242 e. The van der Waals surface area contributed by atoms with Crippen molar-refractivity contribution < 1.29 is 9.90 Å². The van der Waals surface area contributed by atoms with E-state index in [-0.39, 0.29) is 25.0 Å². The molecule has 0 aromatic carbocycles. The largest absolute Gasteiger partial charge is 0.381 e. The summed E-state index contributed by atoms with van der Waals surface area (Å²) in [5.74, 6) is 0.506. The van der Waals surface area contributed by atoms with Crippen molar-refractivity contribution in [2.24, 2.45) is 0 Å². The SMILES string of the molecule is CC(C)n1cc(C2(O)CCN(C(=O)CN(C)c3ncnc4nc[nH]c34)C2)nn1. The van der Waals surface area contributed by atoms with E-state index in [1.807, 2.05) is 13.8 Å². The molecule has 28 heavy (non-hydrogen) atoms. The van der Waals surface area contributed by atoms with Crippen LogP contribution in [0, 0.1) is 0 Å². The summed E-state index contributed by atoms with van der Waals surface area (Å²) in [5, 5.41) is 19.2. The van der Waals surface area contributed by atoms with Crippen molar-refractivity contribution in [2.75, 3.05) is 31.6 Å². The number of aliphatic hydroxyl groups is 1. The number of H-pyrrole nitrogens is 1. The Labute approximate surface area is 161 Å². The quantitative estimate of drug-likeness (QED) is 0.632. The van der Waals surface area contributed by atoms with Crippen LogP contribution in [-0.4, -0.2) is 77.5 Å². The van der Waals surface area contributed by atoms with Crippen LogP contribution in [0.5, 0.6) is 0 Å². The zero-order valence-corrected chi connectivity index (χ0v) is 16.1. The highest BCUT2D eigenvalue weighted by atomic mass is 16.3. The number of β-amino-alcohol motifs (C(OH)–C–C–N with tert-alkyl or cyclic N) is 1. The highest BCUT2D eigenvalue weighted by molar-refractivity contribution is 5.87. The zero-order chi connectivity index (χ0) is 19.9. The van der Waals surface area contributed by atoms with E-state index >= 15 is 0 Å². The normalized spacial score (nSPS) is 19.7. The molecule has 11 nitrogen and oxygen atoms in total. The third-order valence-corrected chi connectivity index (χ3v) is 5.05. The van der Waals surface area contributed by atoms with Crippen LogP contribution in [0.3, 0.4) is 0 Å². The van der Waals surface area contributed by atoms with Crippen LogP contribution in [0.25, 0.3) is 11.2 Å². The lowest BCUT2D eigenvalue weighted by Crippen LogP contribution is -2.40. The zero-order valence-electron chi connectivity index (χ0n) is 16.1. The number of hydrogen-bond donors (Lipinski definition) is 2. The van der Waals surface area contributed by atoms with Gasteiger partial charge in [0.05, 0.1) is 25.6 Å². The fraction of sp³-hybridized carbons (Fsp3) is 0.529. The molecule has 148 valence electrons. The summed E-state index contributed by atoms with van der Waals surface area (Å²) < 4.78 is 1.70. The number of amides is 1. The molecule has 3 aromatic rings. The molecule has 2 N–H and O–H groups in total. The Morgan fingerprint density at radius 1 is 1.39 bits per heavy atom.